The van der Waals surface area contributed by atoms with Crippen molar-refractivity contribution in [1.82, 2.24) is 4.98 Å². The molecule has 0 spiro atoms. The quantitative estimate of drug-likeness (QED) is 0.291. The number of benzene rings is 2. The minimum absolute atomic E-state index is 0.283. The van der Waals surface area contributed by atoms with Crippen molar-refractivity contribution in [3.63, 3.8) is 0 Å². The average molecular weight is 385 g/mol. The zero-order valence-electron chi connectivity index (χ0n) is 15.1. The van der Waals surface area contributed by atoms with Crippen molar-refractivity contribution in [3.05, 3.63) is 53.0 Å². The monoisotopic (exact) mass is 385 g/mol. The van der Waals surface area contributed by atoms with E-state index in [1.165, 1.54) is 32.7 Å². The molecule has 0 amide bonds. The molecule has 0 aliphatic heterocycles. The van der Waals surface area contributed by atoms with Gasteiger partial charge >= 0.3 is 0 Å². The second-order valence-electron chi connectivity index (χ2n) is 5.50. The third-order valence-electron chi connectivity index (χ3n) is 4.03. The van der Waals surface area contributed by atoms with Gasteiger partial charge in [0.1, 0.15) is 10.7 Å². The van der Waals surface area contributed by atoms with Crippen LogP contribution in [0.15, 0.2) is 47.1 Å². The molecule has 0 atom stereocenters. The molecular formula is C19H19N3O4S. The predicted molar refractivity (Wildman–Crippen MR) is 105 cm³/mol. The fraction of sp³-hybridized carbons (Fsp3) is 0.158. The number of thiazole rings is 1. The second-order valence-corrected chi connectivity index (χ2v) is 6.40. The highest BCUT2D eigenvalue weighted by atomic mass is 32.1. The number of ether oxygens (including phenoxy) is 3. The van der Waals surface area contributed by atoms with Crippen LogP contribution >= 0.6 is 11.3 Å². The van der Waals surface area contributed by atoms with Gasteiger partial charge in [-0.1, -0.05) is 5.16 Å². The lowest BCUT2D eigenvalue weighted by atomic mass is 9.98. The third kappa shape index (κ3) is 3.52. The predicted octanol–water partition coefficient (Wildman–Crippen LogP) is 3.64. The fourth-order valence-electron chi connectivity index (χ4n) is 2.75. The third-order valence-corrected chi connectivity index (χ3v) is 4.85. The van der Waals surface area contributed by atoms with Crippen molar-refractivity contribution in [3.8, 4) is 27.8 Å². The van der Waals surface area contributed by atoms with E-state index < -0.39 is 0 Å². The SMILES string of the molecule is COc1cc(/C(=N/O)c2cc(-c3nccs3)ccc2N)cc(OC)c1OC. The number of rotatable bonds is 6. The van der Waals surface area contributed by atoms with Gasteiger partial charge in [0.05, 0.1) is 21.3 Å². The summed E-state index contributed by atoms with van der Waals surface area (Å²) in [4.78, 5) is 4.31. The summed E-state index contributed by atoms with van der Waals surface area (Å²) in [7, 11) is 4.57. The summed E-state index contributed by atoms with van der Waals surface area (Å²) in [5, 5.41) is 16.0. The summed E-state index contributed by atoms with van der Waals surface area (Å²) in [6, 6.07) is 8.88. The van der Waals surface area contributed by atoms with E-state index in [1.807, 2.05) is 17.5 Å². The molecular weight excluding hydrogens is 366 g/mol. The van der Waals surface area contributed by atoms with Crippen LogP contribution in [-0.4, -0.2) is 37.2 Å². The topological polar surface area (TPSA) is 99.2 Å². The Morgan fingerprint density at radius 3 is 2.30 bits per heavy atom. The summed E-state index contributed by atoms with van der Waals surface area (Å²) in [6.45, 7) is 0. The molecule has 2 aromatic carbocycles. The van der Waals surface area contributed by atoms with Gasteiger partial charge in [0, 0.05) is 34.0 Å². The van der Waals surface area contributed by atoms with E-state index in [1.54, 1.807) is 24.4 Å². The van der Waals surface area contributed by atoms with E-state index in [9.17, 15) is 5.21 Å². The zero-order valence-corrected chi connectivity index (χ0v) is 15.9. The number of nitrogens with two attached hydrogens (primary N) is 1. The van der Waals surface area contributed by atoms with Crippen LogP contribution in [0.2, 0.25) is 0 Å². The lowest BCUT2D eigenvalue weighted by molar-refractivity contribution is 0.318. The second kappa shape index (κ2) is 7.96. The lowest BCUT2D eigenvalue weighted by Crippen LogP contribution is -2.09. The van der Waals surface area contributed by atoms with Crippen LogP contribution in [-0.2, 0) is 0 Å². The molecule has 1 heterocycles. The number of anilines is 1. The van der Waals surface area contributed by atoms with Gasteiger partial charge in [0.2, 0.25) is 5.75 Å². The first kappa shape index (κ1) is 18.5. The average Bonchev–Trinajstić information content (AvgIpc) is 3.23. The van der Waals surface area contributed by atoms with Crippen molar-refractivity contribution in [1.29, 1.82) is 0 Å². The van der Waals surface area contributed by atoms with E-state index in [2.05, 4.69) is 10.1 Å². The summed E-state index contributed by atoms with van der Waals surface area (Å²) in [5.74, 6) is 1.34. The van der Waals surface area contributed by atoms with Gasteiger partial charge in [0.25, 0.3) is 0 Å². The maximum absolute atomic E-state index is 9.74. The first-order chi connectivity index (χ1) is 13.1. The zero-order chi connectivity index (χ0) is 19.4. The molecule has 1 aromatic heterocycles. The Balaban J connectivity index is 2.15. The van der Waals surface area contributed by atoms with Crippen molar-refractivity contribution in [2.24, 2.45) is 5.16 Å². The number of aromatic nitrogens is 1. The first-order valence-electron chi connectivity index (χ1n) is 7.95. The van der Waals surface area contributed by atoms with Crippen LogP contribution in [0.3, 0.4) is 0 Å². The van der Waals surface area contributed by atoms with E-state index in [-0.39, 0.29) is 5.71 Å². The minimum Gasteiger partial charge on any atom is -0.493 e. The Kier molecular flexibility index (Phi) is 5.46. The normalized spacial score (nSPS) is 11.3. The van der Waals surface area contributed by atoms with Crippen LogP contribution in [0.5, 0.6) is 17.2 Å². The Morgan fingerprint density at radius 2 is 1.78 bits per heavy atom. The Morgan fingerprint density at radius 1 is 1.07 bits per heavy atom. The molecule has 0 saturated heterocycles. The molecule has 0 bridgehead atoms. The number of methoxy groups -OCH3 is 3. The number of hydrogen-bond acceptors (Lipinski definition) is 8. The summed E-state index contributed by atoms with van der Waals surface area (Å²) >= 11 is 1.51. The minimum atomic E-state index is 0.283. The molecule has 0 fully saturated rings. The van der Waals surface area contributed by atoms with Crippen molar-refractivity contribution < 1.29 is 19.4 Å². The van der Waals surface area contributed by atoms with Crippen molar-refractivity contribution >= 4 is 22.7 Å². The Bertz CT molecular complexity index is 946. The number of nitrogen functional groups attached to an aromatic ring is 1. The van der Waals surface area contributed by atoms with Gasteiger partial charge in [-0.3, -0.25) is 0 Å². The molecule has 3 aromatic rings. The van der Waals surface area contributed by atoms with Crippen molar-refractivity contribution in [2.75, 3.05) is 27.1 Å². The standard InChI is InChI=1S/C19H19N3O4S/c1-24-15-9-12(10-16(25-2)18(15)26-3)17(22-23)13-8-11(4-5-14(13)20)19-21-6-7-27-19/h4-10,23H,20H2,1-3H3/b22-17-. The number of nitrogens with zero attached hydrogens (tertiary/aromatic N) is 2. The van der Waals surface area contributed by atoms with Crippen LogP contribution in [0.25, 0.3) is 10.6 Å². The molecule has 3 rings (SSSR count). The van der Waals surface area contributed by atoms with E-state index in [0.717, 1.165) is 10.6 Å². The van der Waals surface area contributed by atoms with Gasteiger partial charge in [0.15, 0.2) is 11.5 Å². The Labute approximate surface area is 160 Å². The number of oxime groups is 1. The van der Waals surface area contributed by atoms with Gasteiger partial charge in [-0.25, -0.2) is 4.98 Å². The molecule has 0 unspecified atom stereocenters. The largest absolute Gasteiger partial charge is 0.493 e. The molecule has 0 aliphatic rings. The summed E-state index contributed by atoms with van der Waals surface area (Å²) in [6.07, 6.45) is 1.73. The van der Waals surface area contributed by atoms with E-state index in [4.69, 9.17) is 19.9 Å². The molecule has 27 heavy (non-hydrogen) atoms. The van der Waals surface area contributed by atoms with Gasteiger partial charge in [-0.2, -0.15) is 0 Å². The molecule has 140 valence electrons. The van der Waals surface area contributed by atoms with Crippen LogP contribution in [0.4, 0.5) is 5.69 Å². The molecule has 3 N–H and O–H groups in total. The first-order valence-corrected chi connectivity index (χ1v) is 8.83. The van der Waals surface area contributed by atoms with Crippen LogP contribution in [0.1, 0.15) is 11.1 Å². The lowest BCUT2D eigenvalue weighted by Gasteiger charge is -2.15. The summed E-state index contributed by atoms with van der Waals surface area (Å²) < 4.78 is 16.1. The highest BCUT2D eigenvalue weighted by molar-refractivity contribution is 7.13. The molecule has 7 nitrogen and oxygen atoms in total. The number of hydrogen-bond donors (Lipinski definition) is 2. The fourth-order valence-corrected chi connectivity index (χ4v) is 3.38. The summed E-state index contributed by atoms with van der Waals surface area (Å²) in [5.41, 5.74) is 8.92. The van der Waals surface area contributed by atoms with Gasteiger partial charge in [-0.05, 0) is 30.3 Å². The van der Waals surface area contributed by atoms with Gasteiger partial charge in [-0.15, -0.1) is 11.3 Å². The van der Waals surface area contributed by atoms with E-state index >= 15 is 0 Å². The highest BCUT2D eigenvalue weighted by Crippen LogP contribution is 2.39. The maximum atomic E-state index is 9.74. The van der Waals surface area contributed by atoms with Crippen LogP contribution in [0, 0.1) is 0 Å². The maximum Gasteiger partial charge on any atom is 0.203 e. The molecule has 0 aliphatic carbocycles. The van der Waals surface area contributed by atoms with E-state index in [0.29, 0.717) is 34.1 Å². The molecule has 0 radical (unpaired) electrons. The van der Waals surface area contributed by atoms with Crippen LogP contribution < -0.4 is 19.9 Å². The molecule has 8 heteroatoms. The van der Waals surface area contributed by atoms with Crippen molar-refractivity contribution in [2.45, 2.75) is 0 Å². The molecule has 0 saturated carbocycles. The Hall–Kier alpha value is -3.26. The smallest absolute Gasteiger partial charge is 0.203 e. The van der Waals surface area contributed by atoms with Gasteiger partial charge < -0.3 is 25.2 Å². The highest BCUT2D eigenvalue weighted by Gasteiger charge is 2.19.